The topological polar surface area (TPSA) is 47.7 Å². The van der Waals surface area contributed by atoms with Crippen molar-refractivity contribution < 1.29 is 9.47 Å². The second kappa shape index (κ2) is 5.80. The first-order chi connectivity index (χ1) is 9.11. The molecule has 4 heteroatoms. The zero-order valence-corrected chi connectivity index (χ0v) is 12.1. The van der Waals surface area contributed by atoms with E-state index in [1.165, 1.54) is 0 Å². The molecule has 4 nitrogen and oxygen atoms in total. The lowest BCUT2D eigenvalue weighted by Gasteiger charge is -2.43. The molecule has 2 N–H and O–H groups in total. The van der Waals surface area contributed by atoms with Crippen molar-refractivity contribution in [2.75, 3.05) is 38.8 Å². The second-order valence-corrected chi connectivity index (χ2v) is 5.38. The molecule has 2 unspecified atom stereocenters. The van der Waals surface area contributed by atoms with Crippen LogP contribution in [0.5, 0.6) is 5.75 Å². The maximum absolute atomic E-state index is 6.07. The lowest BCUT2D eigenvalue weighted by atomic mass is 9.83. The van der Waals surface area contributed by atoms with Gasteiger partial charge in [0, 0.05) is 37.9 Å². The minimum atomic E-state index is -0.0944. The molecule has 2 rings (SSSR count). The molecule has 1 aromatic rings. The number of nitrogens with two attached hydrogens (primary N) is 1. The summed E-state index contributed by atoms with van der Waals surface area (Å²) < 4.78 is 10.8. The third-order valence-electron chi connectivity index (χ3n) is 4.43. The van der Waals surface area contributed by atoms with Crippen LogP contribution in [0, 0.1) is 5.92 Å². The van der Waals surface area contributed by atoms with Gasteiger partial charge in [0.05, 0.1) is 19.3 Å². The van der Waals surface area contributed by atoms with Gasteiger partial charge in [0.15, 0.2) is 0 Å². The summed E-state index contributed by atoms with van der Waals surface area (Å²) in [5.74, 6) is 1.33. The van der Waals surface area contributed by atoms with Gasteiger partial charge >= 0.3 is 0 Å². The maximum atomic E-state index is 6.07. The summed E-state index contributed by atoms with van der Waals surface area (Å²) in [4.78, 5) is 2.26. The Hall–Kier alpha value is -1.26. The van der Waals surface area contributed by atoms with E-state index in [2.05, 4.69) is 24.9 Å². The van der Waals surface area contributed by atoms with Gasteiger partial charge in [-0.2, -0.15) is 0 Å². The molecule has 106 valence electrons. The zero-order chi connectivity index (χ0) is 13.9. The van der Waals surface area contributed by atoms with Crippen molar-refractivity contribution in [1.82, 2.24) is 0 Å². The fourth-order valence-electron chi connectivity index (χ4n) is 2.72. The summed E-state index contributed by atoms with van der Waals surface area (Å²) in [5.41, 5.74) is 7.10. The number of hydrogen-bond acceptors (Lipinski definition) is 4. The highest BCUT2D eigenvalue weighted by Gasteiger charge is 2.39. The summed E-state index contributed by atoms with van der Waals surface area (Å²) in [6.45, 7) is 4.45. The van der Waals surface area contributed by atoms with Crippen molar-refractivity contribution in [3.05, 3.63) is 24.3 Å². The highest BCUT2D eigenvalue weighted by molar-refractivity contribution is 5.52. The van der Waals surface area contributed by atoms with Crippen LogP contribution in [0.2, 0.25) is 0 Å². The molecule has 0 amide bonds. The van der Waals surface area contributed by atoms with E-state index in [4.69, 9.17) is 15.2 Å². The third-order valence-corrected chi connectivity index (χ3v) is 4.43. The van der Waals surface area contributed by atoms with Crippen LogP contribution in [0.3, 0.4) is 0 Å². The molecule has 0 saturated carbocycles. The SMILES string of the molecule is COc1cccc(N(C)C(C)(CN)C2CCOC2)c1. The van der Waals surface area contributed by atoms with Crippen molar-refractivity contribution in [1.29, 1.82) is 0 Å². The summed E-state index contributed by atoms with van der Waals surface area (Å²) in [5, 5.41) is 0. The largest absolute Gasteiger partial charge is 0.497 e. The maximum Gasteiger partial charge on any atom is 0.120 e. The molecule has 1 aliphatic rings. The quantitative estimate of drug-likeness (QED) is 0.882. The third kappa shape index (κ3) is 2.69. The molecule has 0 bridgehead atoms. The van der Waals surface area contributed by atoms with Gasteiger partial charge in [-0.1, -0.05) is 6.07 Å². The molecule has 1 saturated heterocycles. The van der Waals surface area contributed by atoms with Crippen molar-refractivity contribution >= 4 is 5.69 Å². The van der Waals surface area contributed by atoms with E-state index in [0.29, 0.717) is 12.5 Å². The van der Waals surface area contributed by atoms with Crippen molar-refractivity contribution in [2.45, 2.75) is 18.9 Å². The molecule has 1 aliphatic heterocycles. The number of rotatable bonds is 5. The van der Waals surface area contributed by atoms with Crippen LogP contribution in [0.15, 0.2) is 24.3 Å². The van der Waals surface area contributed by atoms with E-state index in [-0.39, 0.29) is 5.54 Å². The summed E-state index contributed by atoms with van der Waals surface area (Å²) >= 11 is 0. The molecule has 1 heterocycles. The predicted molar refractivity (Wildman–Crippen MR) is 77.8 cm³/mol. The fourth-order valence-corrected chi connectivity index (χ4v) is 2.72. The van der Waals surface area contributed by atoms with Crippen molar-refractivity contribution in [3.8, 4) is 5.75 Å². The minimum Gasteiger partial charge on any atom is -0.497 e. The Kier molecular flexibility index (Phi) is 4.32. The van der Waals surface area contributed by atoms with Crippen molar-refractivity contribution in [2.24, 2.45) is 11.7 Å². The molecular weight excluding hydrogens is 240 g/mol. The average Bonchev–Trinajstić information content (AvgIpc) is 3.00. The Morgan fingerprint density at radius 1 is 1.53 bits per heavy atom. The molecule has 2 atom stereocenters. The monoisotopic (exact) mass is 264 g/mol. The van der Waals surface area contributed by atoms with E-state index in [9.17, 15) is 0 Å². The number of benzene rings is 1. The smallest absolute Gasteiger partial charge is 0.120 e. The number of anilines is 1. The van der Waals surface area contributed by atoms with Gasteiger partial charge < -0.3 is 20.1 Å². The van der Waals surface area contributed by atoms with Crippen LogP contribution < -0.4 is 15.4 Å². The number of likely N-dealkylation sites (N-methyl/N-ethyl adjacent to an activating group) is 1. The summed E-state index contributed by atoms with van der Waals surface area (Å²) in [6.07, 6.45) is 1.07. The molecule has 0 spiro atoms. The van der Waals surface area contributed by atoms with E-state index < -0.39 is 0 Å². The number of nitrogens with zero attached hydrogens (tertiary/aromatic N) is 1. The van der Waals surface area contributed by atoms with Gasteiger partial charge in [-0.3, -0.25) is 0 Å². The fraction of sp³-hybridized carbons (Fsp3) is 0.600. The molecule has 0 radical (unpaired) electrons. The first kappa shape index (κ1) is 14.2. The van der Waals surface area contributed by atoms with E-state index >= 15 is 0 Å². The van der Waals surface area contributed by atoms with Crippen LogP contribution in [-0.4, -0.2) is 39.5 Å². The van der Waals surface area contributed by atoms with Crippen LogP contribution in [0.1, 0.15) is 13.3 Å². The molecule has 0 aliphatic carbocycles. The Morgan fingerprint density at radius 3 is 2.89 bits per heavy atom. The minimum absolute atomic E-state index is 0.0944. The van der Waals surface area contributed by atoms with Crippen LogP contribution in [-0.2, 0) is 4.74 Å². The van der Waals surface area contributed by atoms with Crippen LogP contribution in [0.25, 0.3) is 0 Å². The van der Waals surface area contributed by atoms with Gasteiger partial charge in [-0.25, -0.2) is 0 Å². The van der Waals surface area contributed by atoms with Crippen LogP contribution >= 0.6 is 0 Å². The normalized spacial score (nSPS) is 22.0. The molecule has 0 aromatic heterocycles. The second-order valence-electron chi connectivity index (χ2n) is 5.38. The Balaban J connectivity index is 2.25. The van der Waals surface area contributed by atoms with E-state index in [1.54, 1.807) is 7.11 Å². The first-order valence-electron chi connectivity index (χ1n) is 6.77. The lowest BCUT2D eigenvalue weighted by Crippen LogP contribution is -2.55. The van der Waals surface area contributed by atoms with E-state index in [1.807, 2.05) is 18.2 Å². The molecular formula is C15H24N2O2. The summed E-state index contributed by atoms with van der Waals surface area (Å²) in [6, 6.07) is 8.10. The lowest BCUT2D eigenvalue weighted by molar-refractivity contribution is 0.166. The highest BCUT2D eigenvalue weighted by Crippen LogP contribution is 2.34. The van der Waals surface area contributed by atoms with Crippen LogP contribution in [0.4, 0.5) is 5.69 Å². The first-order valence-corrected chi connectivity index (χ1v) is 6.77. The number of hydrogen-bond donors (Lipinski definition) is 1. The van der Waals surface area contributed by atoms with Gasteiger partial charge in [0.1, 0.15) is 5.75 Å². The zero-order valence-electron chi connectivity index (χ0n) is 12.1. The van der Waals surface area contributed by atoms with Gasteiger partial charge in [0.2, 0.25) is 0 Å². The Labute approximate surface area is 115 Å². The molecule has 1 aromatic carbocycles. The Bertz CT molecular complexity index is 418. The highest BCUT2D eigenvalue weighted by atomic mass is 16.5. The van der Waals surface area contributed by atoms with E-state index in [0.717, 1.165) is 31.1 Å². The molecule has 1 fully saturated rings. The summed E-state index contributed by atoms with van der Waals surface area (Å²) in [7, 11) is 3.78. The van der Waals surface area contributed by atoms with Gasteiger partial charge in [-0.15, -0.1) is 0 Å². The van der Waals surface area contributed by atoms with Gasteiger partial charge in [0.25, 0.3) is 0 Å². The van der Waals surface area contributed by atoms with Crippen molar-refractivity contribution in [3.63, 3.8) is 0 Å². The standard InChI is InChI=1S/C15H24N2O2/c1-15(11-16,12-7-8-19-10-12)17(2)13-5-4-6-14(9-13)18-3/h4-6,9,12H,7-8,10-11,16H2,1-3H3. The predicted octanol–water partition coefficient (Wildman–Crippen LogP) is 1.89. The number of methoxy groups -OCH3 is 1. The molecule has 19 heavy (non-hydrogen) atoms. The van der Waals surface area contributed by atoms with Gasteiger partial charge in [-0.05, 0) is 25.5 Å². The average molecular weight is 264 g/mol. The Morgan fingerprint density at radius 2 is 2.32 bits per heavy atom. The number of ether oxygens (including phenoxy) is 2.